The molecule has 0 heterocycles. The molecule has 82 valence electrons. The van der Waals surface area contributed by atoms with E-state index in [4.69, 9.17) is 5.84 Å². The van der Waals surface area contributed by atoms with E-state index in [0.717, 1.165) is 12.3 Å². The highest BCUT2D eigenvalue weighted by molar-refractivity contribution is 5.23. The van der Waals surface area contributed by atoms with Gasteiger partial charge in [0.05, 0.1) is 0 Å². The molecule has 1 aromatic carbocycles. The monoisotopic (exact) mass is 204 g/mol. The normalized spacial score (nSPS) is 17.7. The maximum atomic E-state index is 5.58. The van der Waals surface area contributed by atoms with E-state index in [2.05, 4.69) is 36.6 Å². The third-order valence-electron chi connectivity index (χ3n) is 3.12. The van der Waals surface area contributed by atoms with Crippen LogP contribution in [-0.4, -0.2) is 6.04 Å². The highest BCUT2D eigenvalue weighted by Gasteiger charge is 2.24. The van der Waals surface area contributed by atoms with E-state index < -0.39 is 0 Å². The minimum Gasteiger partial charge on any atom is -0.271 e. The summed E-state index contributed by atoms with van der Waals surface area (Å²) in [5.41, 5.74) is 5.66. The Morgan fingerprint density at radius 2 is 2.27 bits per heavy atom. The standard InChI is InChI=1S/C13H20N2/c1-10-3-2-4-12(7-10)9-13(15-14)8-11-5-6-11/h2-4,7,11,13,15H,5-6,8-9,14H2,1H3. The Labute approximate surface area is 91.8 Å². The van der Waals surface area contributed by atoms with E-state index in [1.165, 1.54) is 30.4 Å². The van der Waals surface area contributed by atoms with E-state index in [-0.39, 0.29) is 0 Å². The highest BCUT2D eigenvalue weighted by atomic mass is 15.2. The van der Waals surface area contributed by atoms with Gasteiger partial charge < -0.3 is 0 Å². The molecule has 1 aromatic rings. The fourth-order valence-corrected chi connectivity index (χ4v) is 2.09. The molecule has 1 unspecified atom stereocenters. The maximum absolute atomic E-state index is 5.58. The van der Waals surface area contributed by atoms with Crippen LogP contribution in [-0.2, 0) is 6.42 Å². The second kappa shape index (κ2) is 4.77. The van der Waals surface area contributed by atoms with Crippen LogP contribution < -0.4 is 11.3 Å². The molecule has 0 radical (unpaired) electrons. The number of nitrogens with two attached hydrogens (primary N) is 1. The molecule has 2 nitrogen and oxygen atoms in total. The summed E-state index contributed by atoms with van der Waals surface area (Å²) in [6.45, 7) is 2.13. The van der Waals surface area contributed by atoms with Crippen molar-refractivity contribution in [2.75, 3.05) is 0 Å². The lowest BCUT2D eigenvalue weighted by molar-refractivity contribution is 0.466. The average Bonchev–Trinajstić information content (AvgIpc) is 3.01. The summed E-state index contributed by atoms with van der Waals surface area (Å²) in [7, 11) is 0. The van der Waals surface area contributed by atoms with Gasteiger partial charge in [0.15, 0.2) is 0 Å². The molecule has 1 atom stereocenters. The zero-order chi connectivity index (χ0) is 10.7. The molecule has 2 rings (SSSR count). The van der Waals surface area contributed by atoms with Gasteiger partial charge in [-0.05, 0) is 31.2 Å². The molecule has 0 saturated heterocycles. The Hall–Kier alpha value is -0.860. The lowest BCUT2D eigenvalue weighted by Gasteiger charge is -2.15. The predicted octanol–water partition coefficient (Wildman–Crippen LogP) is 2.17. The Bertz CT molecular complexity index is 318. The fourth-order valence-electron chi connectivity index (χ4n) is 2.09. The average molecular weight is 204 g/mol. The van der Waals surface area contributed by atoms with Crippen LogP contribution in [0.2, 0.25) is 0 Å². The Kier molecular flexibility index (Phi) is 3.39. The third-order valence-corrected chi connectivity index (χ3v) is 3.12. The lowest BCUT2D eigenvalue weighted by Crippen LogP contribution is -2.37. The third kappa shape index (κ3) is 3.33. The van der Waals surface area contributed by atoms with Crippen molar-refractivity contribution < 1.29 is 0 Å². The summed E-state index contributed by atoms with van der Waals surface area (Å²) in [5.74, 6) is 6.51. The zero-order valence-corrected chi connectivity index (χ0v) is 9.37. The molecule has 15 heavy (non-hydrogen) atoms. The summed E-state index contributed by atoms with van der Waals surface area (Å²) < 4.78 is 0. The number of hydrogen-bond acceptors (Lipinski definition) is 2. The number of benzene rings is 1. The van der Waals surface area contributed by atoms with Gasteiger partial charge in [0.1, 0.15) is 0 Å². The summed E-state index contributed by atoms with van der Waals surface area (Å²) in [6.07, 6.45) is 5.07. The van der Waals surface area contributed by atoms with Gasteiger partial charge in [-0.25, -0.2) is 0 Å². The van der Waals surface area contributed by atoms with Crippen molar-refractivity contribution in [2.45, 2.75) is 38.6 Å². The van der Waals surface area contributed by atoms with Gasteiger partial charge in [-0.2, -0.15) is 0 Å². The van der Waals surface area contributed by atoms with Crippen molar-refractivity contribution in [3.05, 3.63) is 35.4 Å². The minimum absolute atomic E-state index is 0.444. The number of nitrogens with one attached hydrogen (secondary N) is 1. The summed E-state index contributed by atoms with van der Waals surface area (Å²) in [6, 6.07) is 9.13. The van der Waals surface area contributed by atoms with Crippen molar-refractivity contribution in [2.24, 2.45) is 11.8 Å². The molecular formula is C13H20N2. The van der Waals surface area contributed by atoms with Crippen LogP contribution >= 0.6 is 0 Å². The second-order valence-corrected chi connectivity index (χ2v) is 4.74. The van der Waals surface area contributed by atoms with Crippen molar-refractivity contribution in [3.63, 3.8) is 0 Å². The molecule has 0 amide bonds. The molecule has 3 N–H and O–H groups in total. The van der Waals surface area contributed by atoms with Gasteiger partial charge in [0.25, 0.3) is 0 Å². The highest BCUT2D eigenvalue weighted by Crippen LogP contribution is 2.33. The van der Waals surface area contributed by atoms with E-state index in [0.29, 0.717) is 6.04 Å². The molecule has 0 bridgehead atoms. The largest absolute Gasteiger partial charge is 0.271 e. The van der Waals surface area contributed by atoms with Crippen molar-refractivity contribution in [1.82, 2.24) is 5.43 Å². The SMILES string of the molecule is Cc1cccc(CC(CC2CC2)NN)c1. The van der Waals surface area contributed by atoms with Gasteiger partial charge in [0, 0.05) is 6.04 Å². The first-order valence-corrected chi connectivity index (χ1v) is 5.79. The summed E-state index contributed by atoms with van der Waals surface area (Å²) in [4.78, 5) is 0. The van der Waals surface area contributed by atoms with Crippen LogP contribution in [0.5, 0.6) is 0 Å². The Balaban J connectivity index is 1.92. The van der Waals surface area contributed by atoms with Gasteiger partial charge in [-0.3, -0.25) is 11.3 Å². The van der Waals surface area contributed by atoms with Crippen molar-refractivity contribution in [3.8, 4) is 0 Å². The first-order chi connectivity index (χ1) is 7.28. The van der Waals surface area contributed by atoms with Crippen LogP contribution in [0.15, 0.2) is 24.3 Å². The second-order valence-electron chi connectivity index (χ2n) is 4.74. The molecule has 1 fully saturated rings. The Morgan fingerprint density at radius 1 is 1.47 bits per heavy atom. The van der Waals surface area contributed by atoms with Crippen LogP contribution in [0.4, 0.5) is 0 Å². The van der Waals surface area contributed by atoms with Crippen molar-refractivity contribution in [1.29, 1.82) is 0 Å². The topological polar surface area (TPSA) is 38.0 Å². The van der Waals surface area contributed by atoms with E-state index in [9.17, 15) is 0 Å². The molecule has 2 heteroatoms. The molecule has 0 aromatic heterocycles. The quantitative estimate of drug-likeness (QED) is 0.570. The molecular weight excluding hydrogens is 184 g/mol. The maximum Gasteiger partial charge on any atom is 0.0253 e. The molecule has 1 aliphatic rings. The summed E-state index contributed by atoms with van der Waals surface area (Å²) >= 11 is 0. The number of hydrogen-bond donors (Lipinski definition) is 2. The van der Waals surface area contributed by atoms with E-state index in [1.807, 2.05) is 0 Å². The first kappa shape index (κ1) is 10.7. The Morgan fingerprint density at radius 3 is 2.87 bits per heavy atom. The van der Waals surface area contributed by atoms with Gasteiger partial charge >= 0.3 is 0 Å². The van der Waals surface area contributed by atoms with Crippen LogP contribution in [0, 0.1) is 12.8 Å². The fraction of sp³-hybridized carbons (Fsp3) is 0.538. The molecule has 0 aliphatic heterocycles. The molecule has 1 saturated carbocycles. The number of rotatable bonds is 5. The molecule has 1 aliphatic carbocycles. The molecule has 0 spiro atoms. The minimum atomic E-state index is 0.444. The summed E-state index contributed by atoms with van der Waals surface area (Å²) in [5, 5.41) is 0. The van der Waals surface area contributed by atoms with Crippen LogP contribution in [0.1, 0.15) is 30.4 Å². The van der Waals surface area contributed by atoms with Gasteiger partial charge in [-0.1, -0.05) is 42.7 Å². The number of aryl methyl sites for hydroxylation is 1. The zero-order valence-electron chi connectivity index (χ0n) is 9.37. The number of hydrazine groups is 1. The van der Waals surface area contributed by atoms with Gasteiger partial charge in [-0.15, -0.1) is 0 Å². The lowest BCUT2D eigenvalue weighted by atomic mass is 10.0. The first-order valence-electron chi connectivity index (χ1n) is 5.79. The van der Waals surface area contributed by atoms with Crippen LogP contribution in [0.3, 0.4) is 0 Å². The predicted molar refractivity (Wildman–Crippen MR) is 63.3 cm³/mol. The van der Waals surface area contributed by atoms with Crippen molar-refractivity contribution >= 4 is 0 Å². The van der Waals surface area contributed by atoms with Gasteiger partial charge in [0.2, 0.25) is 0 Å². The van der Waals surface area contributed by atoms with E-state index >= 15 is 0 Å². The van der Waals surface area contributed by atoms with E-state index in [1.54, 1.807) is 0 Å². The van der Waals surface area contributed by atoms with Crippen LogP contribution in [0.25, 0.3) is 0 Å². The smallest absolute Gasteiger partial charge is 0.0253 e.